The van der Waals surface area contributed by atoms with E-state index in [1.54, 1.807) is 6.92 Å². The minimum atomic E-state index is -0.652. The fourth-order valence-electron chi connectivity index (χ4n) is 2.56. The van der Waals surface area contributed by atoms with Crippen LogP contribution in [0.2, 0.25) is 0 Å². The van der Waals surface area contributed by atoms with Gasteiger partial charge in [-0.05, 0) is 25.3 Å². The van der Waals surface area contributed by atoms with E-state index in [1.807, 2.05) is 30.3 Å². The highest BCUT2D eigenvalue weighted by Gasteiger charge is 2.51. The Morgan fingerprint density at radius 1 is 1.25 bits per heavy atom. The van der Waals surface area contributed by atoms with E-state index in [1.165, 1.54) is 6.92 Å². The minimum Gasteiger partial charge on any atom is -0.462 e. The van der Waals surface area contributed by atoms with Crippen LogP contribution < -0.4 is 0 Å². The van der Waals surface area contributed by atoms with E-state index in [-0.39, 0.29) is 18.5 Å². The molecule has 1 aliphatic carbocycles. The van der Waals surface area contributed by atoms with Crippen LogP contribution in [-0.4, -0.2) is 18.0 Å². The lowest BCUT2D eigenvalue weighted by Crippen LogP contribution is -2.49. The molecule has 2 rings (SSSR count). The molecule has 1 aromatic carbocycles. The van der Waals surface area contributed by atoms with Gasteiger partial charge < -0.3 is 9.47 Å². The monoisotopic (exact) mass is 276 g/mol. The van der Waals surface area contributed by atoms with Crippen molar-refractivity contribution in [1.29, 1.82) is 0 Å². The molecule has 1 aromatic rings. The number of hydrogen-bond donors (Lipinski definition) is 0. The Kier molecular flexibility index (Phi) is 4.42. The van der Waals surface area contributed by atoms with E-state index in [0.717, 1.165) is 24.8 Å². The van der Waals surface area contributed by atoms with Crippen molar-refractivity contribution in [2.45, 2.75) is 45.8 Å². The van der Waals surface area contributed by atoms with Gasteiger partial charge in [0, 0.05) is 6.92 Å². The molecule has 1 saturated carbocycles. The van der Waals surface area contributed by atoms with Crippen LogP contribution in [0.4, 0.5) is 0 Å². The molecule has 0 N–H and O–H groups in total. The third-order valence-corrected chi connectivity index (χ3v) is 3.99. The third-order valence-electron chi connectivity index (χ3n) is 3.99. The van der Waals surface area contributed by atoms with Gasteiger partial charge in [0.2, 0.25) is 0 Å². The molecule has 4 heteroatoms. The van der Waals surface area contributed by atoms with Crippen molar-refractivity contribution in [2.24, 2.45) is 5.41 Å². The predicted octanol–water partition coefficient (Wildman–Crippen LogP) is 2.85. The van der Waals surface area contributed by atoms with Crippen molar-refractivity contribution in [3.63, 3.8) is 0 Å². The first kappa shape index (κ1) is 14.6. The largest absolute Gasteiger partial charge is 0.462 e. The van der Waals surface area contributed by atoms with Crippen molar-refractivity contribution in [1.82, 2.24) is 0 Å². The first-order valence-corrected chi connectivity index (χ1v) is 6.93. The molecule has 1 atom stereocenters. The maximum absolute atomic E-state index is 12.3. The first-order chi connectivity index (χ1) is 9.54. The highest BCUT2D eigenvalue weighted by molar-refractivity contribution is 5.79. The Morgan fingerprint density at radius 2 is 1.90 bits per heavy atom. The number of ether oxygens (including phenoxy) is 2. The normalized spacial score (nSPS) is 17.7. The van der Waals surface area contributed by atoms with E-state index in [2.05, 4.69) is 0 Å². The van der Waals surface area contributed by atoms with Crippen molar-refractivity contribution in [3.05, 3.63) is 35.9 Å². The van der Waals surface area contributed by atoms with E-state index in [9.17, 15) is 9.59 Å². The highest BCUT2D eigenvalue weighted by atomic mass is 16.6. The molecule has 0 aliphatic heterocycles. The summed E-state index contributed by atoms with van der Waals surface area (Å²) in [7, 11) is 0. The molecule has 1 aliphatic rings. The minimum absolute atomic E-state index is 0.258. The average Bonchev–Trinajstić information content (AvgIpc) is 2.35. The number of carbonyl (C=O) groups excluding carboxylic acids is 2. The molecule has 0 spiro atoms. The van der Waals surface area contributed by atoms with Gasteiger partial charge in [0.25, 0.3) is 0 Å². The maximum Gasteiger partial charge on any atom is 0.316 e. The molecule has 0 radical (unpaired) electrons. The van der Waals surface area contributed by atoms with Gasteiger partial charge in [0.1, 0.15) is 18.1 Å². The lowest BCUT2D eigenvalue weighted by molar-refractivity contribution is -0.181. The van der Waals surface area contributed by atoms with Gasteiger partial charge in [-0.3, -0.25) is 9.59 Å². The van der Waals surface area contributed by atoms with Gasteiger partial charge in [-0.1, -0.05) is 36.8 Å². The van der Waals surface area contributed by atoms with Gasteiger partial charge in [-0.25, -0.2) is 0 Å². The van der Waals surface area contributed by atoms with Crippen LogP contribution in [0.1, 0.15) is 38.7 Å². The Labute approximate surface area is 119 Å². The Hall–Kier alpha value is -1.84. The molecule has 4 nitrogen and oxygen atoms in total. The van der Waals surface area contributed by atoms with Gasteiger partial charge in [0.15, 0.2) is 0 Å². The predicted molar refractivity (Wildman–Crippen MR) is 73.8 cm³/mol. The van der Waals surface area contributed by atoms with Crippen molar-refractivity contribution in [2.75, 3.05) is 0 Å². The summed E-state index contributed by atoms with van der Waals surface area (Å²) in [6.45, 7) is 3.39. The molecule has 108 valence electrons. The fraction of sp³-hybridized carbons (Fsp3) is 0.500. The molecule has 0 saturated heterocycles. The summed E-state index contributed by atoms with van der Waals surface area (Å²) in [6.07, 6.45) is 1.97. The van der Waals surface area contributed by atoms with E-state index in [0.29, 0.717) is 0 Å². The maximum atomic E-state index is 12.3. The number of hydrogen-bond acceptors (Lipinski definition) is 4. The molecular formula is C16H20O4. The van der Waals surface area contributed by atoms with Gasteiger partial charge in [0.05, 0.1) is 0 Å². The van der Waals surface area contributed by atoms with Crippen LogP contribution in [0, 0.1) is 5.41 Å². The molecule has 1 fully saturated rings. The summed E-state index contributed by atoms with van der Waals surface area (Å²) in [4.78, 5) is 23.4. The standard InChI is InChI=1S/C16H20O4/c1-12(20-13(2)17)16(9-6-10-16)15(18)19-11-14-7-4-3-5-8-14/h3-5,7-8,12H,6,9-11H2,1-2H3. The van der Waals surface area contributed by atoms with E-state index < -0.39 is 11.5 Å². The first-order valence-electron chi connectivity index (χ1n) is 6.93. The van der Waals surface area contributed by atoms with Crippen molar-refractivity contribution >= 4 is 11.9 Å². The molecule has 0 heterocycles. The Morgan fingerprint density at radius 3 is 2.40 bits per heavy atom. The smallest absolute Gasteiger partial charge is 0.316 e. The Balaban J connectivity index is 1.97. The summed E-state index contributed by atoms with van der Waals surface area (Å²) in [5, 5.41) is 0. The second-order valence-electron chi connectivity index (χ2n) is 5.32. The summed E-state index contributed by atoms with van der Waals surface area (Å²) in [5.41, 5.74) is 0.302. The molecule has 0 amide bonds. The van der Waals surface area contributed by atoms with Crippen LogP contribution in [0.15, 0.2) is 30.3 Å². The summed E-state index contributed by atoms with van der Waals surface area (Å²) in [6, 6.07) is 9.56. The van der Waals surface area contributed by atoms with Crippen LogP contribution in [0.25, 0.3) is 0 Å². The zero-order chi connectivity index (χ0) is 14.6. The third kappa shape index (κ3) is 3.00. The quantitative estimate of drug-likeness (QED) is 0.776. The lowest BCUT2D eigenvalue weighted by Gasteiger charge is -2.42. The number of rotatable bonds is 5. The number of carbonyl (C=O) groups is 2. The second kappa shape index (κ2) is 6.07. The lowest BCUT2D eigenvalue weighted by atomic mass is 9.65. The topological polar surface area (TPSA) is 52.6 Å². The molecular weight excluding hydrogens is 256 g/mol. The molecule has 0 bridgehead atoms. The highest BCUT2D eigenvalue weighted by Crippen LogP contribution is 2.46. The zero-order valence-electron chi connectivity index (χ0n) is 11.9. The van der Waals surface area contributed by atoms with Gasteiger partial charge >= 0.3 is 11.9 Å². The fourth-order valence-corrected chi connectivity index (χ4v) is 2.56. The molecule has 20 heavy (non-hydrogen) atoms. The van der Waals surface area contributed by atoms with Gasteiger partial charge in [-0.15, -0.1) is 0 Å². The van der Waals surface area contributed by atoms with Crippen LogP contribution in [0.5, 0.6) is 0 Å². The number of esters is 2. The average molecular weight is 276 g/mol. The molecule has 1 unspecified atom stereocenters. The Bertz CT molecular complexity index is 477. The van der Waals surface area contributed by atoms with E-state index >= 15 is 0 Å². The van der Waals surface area contributed by atoms with Crippen LogP contribution in [0.3, 0.4) is 0 Å². The summed E-state index contributed by atoms with van der Waals surface area (Å²) in [5.74, 6) is -0.624. The summed E-state index contributed by atoms with van der Waals surface area (Å²) < 4.78 is 10.6. The zero-order valence-corrected chi connectivity index (χ0v) is 11.9. The van der Waals surface area contributed by atoms with Crippen LogP contribution >= 0.6 is 0 Å². The SMILES string of the molecule is CC(=O)OC(C)C1(C(=O)OCc2ccccc2)CCC1. The van der Waals surface area contributed by atoms with Crippen molar-refractivity contribution in [3.8, 4) is 0 Å². The van der Waals surface area contributed by atoms with Crippen LogP contribution in [-0.2, 0) is 25.7 Å². The van der Waals surface area contributed by atoms with E-state index in [4.69, 9.17) is 9.47 Å². The summed E-state index contributed by atoms with van der Waals surface area (Å²) >= 11 is 0. The van der Waals surface area contributed by atoms with Gasteiger partial charge in [-0.2, -0.15) is 0 Å². The molecule has 0 aromatic heterocycles. The second-order valence-corrected chi connectivity index (χ2v) is 5.32. The number of benzene rings is 1. The van der Waals surface area contributed by atoms with Crippen molar-refractivity contribution < 1.29 is 19.1 Å².